The molecular formula is C22H25ClN2O3. The molecule has 0 aliphatic rings. The number of aryl methyl sites for hydroxylation is 1. The number of fused-ring (bicyclic) bond motifs is 1. The van der Waals surface area contributed by atoms with Crippen LogP contribution in [0.5, 0.6) is 5.75 Å². The normalized spacial score (nSPS) is 13.0. The van der Waals surface area contributed by atoms with Crippen molar-refractivity contribution in [2.45, 2.75) is 38.3 Å². The van der Waals surface area contributed by atoms with Gasteiger partial charge in [0.2, 0.25) is 5.56 Å². The molecular weight excluding hydrogens is 376 g/mol. The maximum Gasteiger partial charge on any atom is 0.248 e. The van der Waals surface area contributed by atoms with E-state index in [1.165, 1.54) is 12.1 Å². The molecule has 0 radical (unpaired) electrons. The van der Waals surface area contributed by atoms with Crippen LogP contribution >= 0.6 is 11.6 Å². The number of benzene rings is 2. The van der Waals surface area contributed by atoms with Crippen LogP contribution in [0.3, 0.4) is 0 Å². The molecule has 0 aliphatic heterocycles. The van der Waals surface area contributed by atoms with E-state index in [0.717, 1.165) is 23.4 Å². The van der Waals surface area contributed by atoms with E-state index >= 15 is 0 Å². The smallest absolute Gasteiger partial charge is 0.248 e. The largest absolute Gasteiger partial charge is 0.506 e. The van der Waals surface area contributed by atoms with Crippen molar-refractivity contribution in [2.75, 3.05) is 6.54 Å². The van der Waals surface area contributed by atoms with E-state index in [1.807, 2.05) is 24.3 Å². The Hall–Kier alpha value is -2.34. The lowest BCUT2D eigenvalue weighted by atomic mass is 9.94. The van der Waals surface area contributed by atoms with Crippen LogP contribution in [0, 0.1) is 0 Å². The van der Waals surface area contributed by atoms with E-state index in [2.05, 4.69) is 24.1 Å². The van der Waals surface area contributed by atoms with Gasteiger partial charge in [0.15, 0.2) is 0 Å². The van der Waals surface area contributed by atoms with E-state index in [4.69, 9.17) is 11.6 Å². The molecule has 3 rings (SSSR count). The molecule has 2 aromatic carbocycles. The van der Waals surface area contributed by atoms with Crippen molar-refractivity contribution >= 4 is 22.5 Å². The number of phenolic OH excluding ortho intramolecular Hbond substituents is 1. The third-order valence-electron chi connectivity index (χ3n) is 5.02. The van der Waals surface area contributed by atoms with E-state index in [-0.39, 0.29) is 16.8 Å². The molecule has 1 atom stereocenters. The highest BCUT2D eigenvalue weighted by Crippen LogP contribution is 2.29. The minimum Gasteiger partial charge on any atom is -0.506 e. The molecule has 6 heteroatoms. The molecule has 0 amide bonds. The number of phenols is 1. The zero-order valence-corrected chi connectivity index (χ0v) is 16.8. The molecule has 4 N–H and O–H groups in total. The summed E-state index contributed by atoms with van der Waals surface area (Å²) in [7, 11) is 0. The van der Waals surface area contributed by atoms with Gasteiger partial charge in [-0.3, -0.25) is 4.79 Å². The van der Waals surface area contributed by atoms with Crippen LogP contribution in [0.4, 0.5) is 0 Å². The van der Waals surface area contributed by atoms with E-state index < -0.39 is 6.10 Å². The van der Waals surface area contributed by atoms with Crippen molar-refractivity contribution in [3.05, 3.63) is 75.0 Å². The maximum absolute atomic E-state index is 11.5. The highest BCUT2D eigenvalue weighted by atomic mass is 35.5. The monoisotopic (exact) mass is 400 g/mol. The topological polar surface area (TPSA) is 85.3 Å². The van der Waals surface area contributed by atoms with Gasteiger partial charge in [-0.2, -0.15) is 0 Å². The number of aromatic amines is 1. The molecule has 0 bridgehead atoms. The highest BCUT2D eigenvalue weighted by molar-refractivity contribution is 6.31. The lowest BCUT2D eigenvalue weighted by Crippen LogP contribution is -2.42. The summed E-state index contributed by atoms with van der Waals surface area (Å²) in [5.41, 5.74) is 1.59. The summed E-state index contributed by atoms with van der Waals surface area (Å²) in [6, 6.07) is 14.0. The fraction of sp³-hybridized carbons (Fsp3) is 0.318. The Kier molecular flexibility index (Phi) is 6.08. The molecule has 0 fully saturated rings. The van der Waals surface area contributed by atoms with Gasteiger partial charge in [0.25, 0.3) is 0 Å². The van der Waals surface area contributed by atoms with E-state index in [1.54, 1.807) is 12.1 Å². The number of rotatable bonds is 7. The molecule has 1 aromatic heterocycles. The molecule has 0 spiro atoms. The fourth-order valence-corrected chi connectivity index (χ4v) is 3.50. The van der Waals surface area contributed by atoms with Crippen molar-refractivity contribution in [3.63, 3.8) is 0 Å². The first-order valence-corrected chi connectivity index (χ1v) is 9.66. The molecule has 0 aliphatic carbocycles. The molecule has 0 saturated heterocycles. The second-order valence-corrected chi connectivity index (χ2v) is 8.06. The van der Waals surface area contributed by atoms with Crippen molar-refractivity contribution < 1.29 is 10.2 Å². The average Bonchev–Trinajstić information content (AvgIpc) is 2.66. The van der Waals surface area contributed by atoms with Crippen LogP contribution in [0.1, 0.15) is 37.5 Å². The summed E-state index contributed by atoms with van der Waals surface area (Å²) in [4.78, 5) is 14.2. The zero-order valence-electron chi connectivity index (χ0n) is 16.0. The summed E-state index contributed by atoms with van der Waals surface area (Å²) in [6.45, 7) is 4.51. The first-order valence-electron chi connectivity index (χ1n) is 9.28. The number of aliphatic hydroxyl groups excluding tert-OH is 1. The minimum atomic E-state index is -0.784. The molecule has 3 aromatic rings. The lowest BCUT2D eigenvalue weighted by molar-refractivity contribution is 0.160. The van der Waals surface area contributed by atoms with Crippen LogP contribution in [-0.4, -0.2) is 27.3 Å². The number of nitrogens with one attached hydrogen (secondary N) is 2. The van der Waals surface area contributed by atoms with Gasteiger partial charge < -0.3 is 20.5 Å². The van der Waals surface area contributed by atoms with Gasteiger partial charge in [0.1, 0.15) is 5.75 Å². The summed E-state index contributed by atoms with van der Waals surface area (Å²) >= 11 is 6.23. The van der Waals surface area contributed by atoms with Crippen LogP contribution in [0.2, 0.25) is 5.02 Å². The standard InChI is InChI=1S/C22H25ClN2O3/c1-22(2,12-11-14-5-3-4-6-17(14)23)24-13-19(27)15-7-9-18(26)21-16(15)8-10-20(28)25-21/h3-10,19,24,26-27H,11-13H2,1-2H3,(H,25,28). The van der Waals surface area contributed by atoms with E-state index in [0.29, 0.717) is 23.0 Å². The molecule has 28 heavy (non-hydrogen) atoms. The number of aromatic nitrogens is 1. The van der Waals surface area contributed by atoms with Crippen LogP contribution in [-0.2, 0) is 6.42 Å². The molecule has 148 valence electrons. The summed E-state index contributed by atoms with van der Waals surface area (Å²) in [6.07, 6.45) is 0.903. The van der Waals surface area contributed by atoms with Gasteiger partial charge in [-0.1, -0.05) is 35.9 Å². The van der Waals surface area contributed by atoms with Gasteiger partial charge in [0.05, 0.1) is 11.6 Å². The number of aromatic hydroxyl groups is 1. The van der Waals surface area contributed by atoms with Crippen LogP contribution in [0.25, 0.3) is 10.9 Å². The Morgan fingerprint density at radius 1 is 1.14 bits per heavy atom. The molecule has 1 heterocycles. The number of pyridine rings is 1. The molecule has 5 nitrogen and oxygen atoms in total. The quantitative estimate of drug-likeness (QED) is 0.484. The van der Waals surface area contributed by atoms with Crippen molar-refractivity contribution in [1.82, 2.24) is 10.3 Å². The first kappa shape index (κ1) is 20.4. The van der Waals surface area contributed by atoms with Gasteiger partial charge in [-0.05, 0) is 56.0 Å². The number of halogens is 1. The van der Waals surface area contributed by atoms with E-state index in [9.17, 15) is 15.0 Å². The number of H-pyrrole nitrogens is 1. The Labute approximate surface area is 169 Å². The van der Waals surface area contributed by atoms with Crippen molar-refractivity contribution in [3.8, 4) is 5.75 Å². The minimum absolute atomic E-state index is 0.0170. The number of hydrogen-bond acceptors (Lipinski definition) is 4. The van der Waals surface area contributed by atoms with Gasteiger partial charge in [-0.25, -0.2) is 0 Å². The van der Waals surface area contributed by atoms with Crippen LogP contribution in [0.15, 0.2) is 53.3 Å². The Morgan fingerprint density at radius 2 is 1.89 bits per heavy atom. The van der Waals surface area contributed by atoms with Crippen molar-refractivity contribution in [2.24, 2.45) is 0 Å². The Bertz CT molecular complexity index is 1030. The number of hydrogen-bond donors (Lipinski definition) is 4. The predicted octanol–water partition coefficient (Wildman–Crippen LogP) is 3.92. The third kappa shape index (κ3) is 4.73. The first-order chi connectivity index (χ1) is 13.3. The summed E-state index contributed by atoms with van der Waals surface area (Å²) in [5.74, 6) is -0.0170. The van der Waals surface area contributed by atoms with Crippen molar-refractivity contribution in [1.29, 1.82) is 0 Å². The SMILES string of the molecule is CC(C)(CCc1ccccc1Cl)NCC(O)c1ccc(O)c2[nH]c(=O)ccc12. The van der Waals surface area contributed by atoms with Gasteiger partial charge in [-0.15, -0.1) is 0 Å². The summed E-state index contributed by atoms with van der Waals surface area (Å²) < 4.78 is 0. The number of β-amino-alcohol motifs (C(OH)–C–C–N with tert-alkyl or cyclic N) is 1. The zero-order chi connectivity index (χ0) is 20.3. The second kappa shape index (κ2) is 8.35. The third-order valence-corrected chi connectivity index (χ3v) is 5.39. The Morgan fingerprint density at radius 3 is 2.64 bits per heavy atom. The molecule has 1 unspecified atom stereocenters. The predicted molar refractivity (Wildman–Crippen MR) is 113 cm³/mol. The maximum atomic E-state index is 11.5. The lowest BCUT2D eigenvalue weighted by Gasteiger charge is -2.28. The number of aliphatic hydroxyl groups is 1. The summed E-state index contributed by atoms with van der Waals surface area (Å²) in [5, 5.41) is 25.5. The van der Waals surface area contributed by atoms with Gasteiger partial charge >= 0.3 is 0 Å². The fourth-order valence-electron chi connectivity index (χ4n) is 3.27. The average molecular weight is 401 g/mol. The van der Waals surface area contributed by atoms with Crippen LogP contribution < -0.4 is 10.9 Å². The highest BCUT2D eigenvalue weighted by Gasteiger charge is 2.21. The Balaban J connectivity index is 1.69. The van der Waals surface area contributed by atoms with Gasteiger partial charge in [0, 0.05) is 28.6 Å². The second-order valence-electron chi connectivity index (χ2n) is 7.66. The molecule has 0 saturated carbocycles.